The Kier molecular flexibility index (Phi) is 3.73. The summed E-state index contributed by atoms with van der Waals surface area (Å²) in [5, 5.41) is 10.5. The van der Waals surface area contributed by atoms with E-state index in [1.165, 1.54) is 11.3 Å². The lowest BCUT2D eigenvalue weighted by atomic mass is 10.3. The average molecular weight is 266 g/mol. The van der Waals surface area contributed by atoms with Crippen LogP contribution in [0.3, 0.4) is 0 Å². The molecule has 2 heterocycles. The molecule has 0 bridgehead atoms. The molecule has 2 aromatic rings. The molecule has 0 aliphatic rings. The fourth-order valence-electron chi connectivity index (χ4n) is 1.64. The van der Waals surface area contributed by atoms with Crippen molar-refractivity contribution in [1.29, 1.82) is 0 Å². The van der Waals surface area contributed by atoms with Gasteiger partial charge >= 0.3 is 5.97 Å². The molecule has 2 aromatic heterocycles. The summed E-state index contributed by atoms with van der Waals surface area (Å²) < 4.78 is 6.81. The van der Waals surface area contributed by atoms with Crippen molar-refractivity contribution in [3.05, 3.63) is 28.7 Å². The Morgan fingerprint density at radius 1 is 1.56 bits per heavy atom. The van der Waals surface area contributed by atoms with Gasteiger partial charge in [-0.25, -0.2) is 4.79 Å². The van der Waals surface area contributed by atoms with Gasteiger partial charge < -0.3 is 10.5 Å². The number of aryl methyl sites for hydroxylation is 1. The molecule has 0 saturated heterocycles. The molecule has 0 fully saturated rings. The zero-order valence-corrected chi connectivity index (χ0v) is 11.0. The third-order valence-corrected chi connectivity index (χ3v) is 3.32. The molecule has 6 nitrogen and oxygen atoms in total. The maximum Gasteiger partial charge on any atom is 0.341 e. The first kappa shape index (κ1) is 12.7. The molecule has 0 unspecified atom stereocenters. The number of ether oxygens (including phenoxy) is 1. The first-order valence-corrected chi connectivity index (χ1v) is 6.43. The Bertz CT molecular complexity index is 561. The van der Waals surface area contributed by atoms with Crippen LogP contribution in [0.15, 0.2) is 11.4 Å². The third kappa shape index (κ3) is 2.14. The van der Waals surface area contributed by atoms with Crippen LogP contribution >= 0.6 is 11.3 Å². The van der Waals surface area contributed by atoms with Crippen LogP contribution in [0.1, 0.15) is 28.9 Å². The number of rotatable bonds is 4. The number of hydrogen-bond donors (Lipinski definition) is 1. The fraction of sp³-hybridized carbons (Fsp3) is 0.364. The van der Waals surface area contributed by atoms with Crippen LogP contribution in [0.5, 0.6) is 0 Å². The topological polar surface area (TPSA) is 83.0 Å². The van der Waals surface area contributed by atoms with Crippen molar-refractivity contribution in [3.63, 3.8) is 0 Å². The highest BCUT2D eigenvalue weighted by Gasteiger charge is 2.19. The molecular weight excluding hydrogens is 252 g/mol. The maximum absolute atomic E-state index is 11.8. The number of thiophene rings is 1. The summed E-state index contributed by atoms with van der Waals surface area (Å²) >= 11 is 1.43. The third-order valence-electron chi connectivity index (χ3n) is 2.42. The van der Waals surface area contributed by atoms with E-state index in [4.69, 9.17) is 10.5 Å². The van der Waals surface area contributed by atoms with Crippen LogP contribution in [0, 0.1) is 6.92 Å². The second kappa shape index (κ2) is 5.28. The van der Waals surface area contributed by atoms with Crippen molar-refractivity contribution in [2.45, 2.75) is 20.4 Å². The quantitative estimate of drug-likeness (QED) is 0.843. The van der Waals surface area contributed by atoms with E-state index in [9.17, 15) is 4.79 Å². The van der Waals surface area contributed by atoms with Gasteiger partial charge in [-0.3, -0.25) is 4.57 Å². The molecule has 0 aliphatic carbocycles. The van der Waals surface area contributed by atoms with Gasteiger partial charge in [0.15, 0.2) is 5.82 Å². The molecule has 0 atom stereocenters. The fourth-order valence-corrected chi connectivity index (χ4v) is 2.60. The van der Waals surface area contributed by atoms with Crippen molar-refractivity contribution < 1.29 is 9.53 Å². The normalized spacial score (nSPS) is 10.6. The van der Waals surface area contributed by atoms with Crippen LogP contribution in [-0.2, 0) is 11.3 Å². The van der Waals surface area contributed by atoms with E-state index in [2.05, 4.69) is 10.2 Å². The number of carbonyl (C=O) groups excluding carboxylic acids is 1. The number of hydrogen-bond acceptors (Lipinski definition) is 6. The minimum Gasteiger partial charge on any atom is -0.462 e. The molecule has 18 heavy (non-hydrogen) atoms. The SMILES string of the molecule is CCOC(=O)c1ccsc1-n1c(C)nnc1CN. The smallest absolute Gasteiger partial charge is 0.341 e. The summed E-state index contributed by atoms with van der Waals surface area (Å²) in [6.45, 7) is 4.21. The number of nitrogens with two attached hydrogens (primary N) is 1. The van der Waals surface area contributed by atoms with Crippen LogP contribution in [0.25, 0.3) is 5.00 Å². The Hall–Kier alpha value is -1.73. The molecule has 7 heteroatoms. The van der Waals surface area contributed by atoms with Crippen molar-refractivity contribution in [3.8, 4) is 5.00 Å². The largest absolute Gasteiger partial charge is 0.462 e. The zero-order valence-electron chi connectivity index (χ0n) is 10.2. The second-order valence-corrected chi connectivity index (χ2v) is 4.46. The highest BCUT2D eigenvalue weighted by atomic mass is 32.1. The highest BCUT2D eigenvalue weighted by molar-refractivity contribution is 7.13. The number of esters is 1. The summed E-state index contributed by atoms with van der Waals surface area (Å²) in [6, 6.07) is 1.73. The molecule has 0 spiro atoms. The summed E-state index contributed by atoms with van der Waals surface area (Å²) in [5.41, 5.74) is 6.13. The van der Waals surface area contributed by atoms with Gasteiger partial charge in [-0.15, -0.1) is 21.5 Å². The van der Waals surface area contributed by atoms with Crippen LogP contribution in [0.2, 0.25) is 0 Å². The van der Waals surface area contributed by atoms with Crippen LogP contribution in [-0.4, -0.2) is 27.3 Å². The minimum absolute atomic E-state index is 0.265. The van der Waals surface area contributed by atoms with Gasteiger partial charge in [-0.1, -0.05) is 0 Å². The molecule has 0 aliphatic heterocycles. The zero-order chi connectivity index (χ0) is 13.1. The standard InChI is InChI=1S/C11H14N4O2S/c1-3-17-11(16)8-4-5-18-10(8)15-7(2)13-14-9(15)6-12/h4-5H,3,6,12H2,1-2H3. The van der Waals surface area contributed by atoms with E-state index in [0.29, 0.717) is 23.8 Å². The van der Waals surface area contributed by atoms with E-state index in [0.717, 1.165) is 5.00 Å². The summed E-state index contributed by atoms with van der Waals surface area (Å²) in [6.07, 6.45) is 0. The van der Waals surface area contributed by atoms with Gasteiger partial charge in [0.1, 0.15) is 10.8 Å². The molecule has 2 N–H and O–H groups in total. The lowest BCUT2D eigenvalue weighted by Crippen LogP contribution is -2.11. The Balaban J connectivity index is 2.48. The molecule has 0 aromatic carbocycles. The predicted molar refractivity (Wildman–Crippen MR) is 67.8 cm³/mol. The summed E-state index contributed by atoms with van der Waals surface area (Å²) in [7, 11) is 0. The molecule has 0 amide bonds. The average Bonchev–Trinajstić information content (AvgIpc) is 2.94. The van der Waals surface area contributed by atoms with E-state index in [1.807, 2.05) is 12.3 Å². The van der Waals surface area contributed by atoms with E-state index >= 15 is 0 Å². The molecule has 0 saturated carbocycles. The Labute approximate surface area is 108 Å². The number of nitrogens with zero attached hydrogens (tertiary/aromatic N) is 3. The molecule has 0 radical (unpaired) electrons. The van der Waals surface area contributed by atoms with E-state index < -0.39 is 0 Å². The van der Waals surface area contributed by atoms with E-state index in [1.54, 1.807) is 17.6 Å². The predicted octanol–water partition coefficient (Wildman–Crippen LogP) is 1.27. The van der Waals surface area contributed by atoms with Gasteiger partial charge in [-0.05, 0) is 25.3 Å². The molecular formula is C11H14N4O2S. The summed E-state index contributed by atoms with van der Waals surface area (Å²) in [5.74, 6) is 0.980. The van der Waals surface area contributed by atoms with Crippen molar-refractivity contribution in [1.82, 2.24) is 14.8 Å². The van der Waals surface area contributed by atoms with Crippen LogP contribution < -0.4 is 5.73 Å². The second-order valence-electron chi connectivity index (χ2n) is 3.56. The maximum atomic E-state index is 11.8. The highest BCUT2D eigenvalue weighted by Crippen LogP contribution is 2.24. The Morgan fingerprint density at radius 2 is 2.33 bits per heavy atom. The van der Waals surface area contributed by atoms with Crippen molar-refractivity contribution >= 4 is 17.3 Å². The van der Waals surface area contributed by atoms with Gasteiger partial charge in [0.05, 0.1) is 18.7 Å². The van der Waals surface area contributed by atoms with Gasteiger partial charge in [-0.2, -0.15) is 0 Å². The molecule has 2 rings (SSSR count). The lowest BCUT2D eigenvalue weighted by molar-refractivity contribution is 0.0527. The Morgan fingerprint density at radius 3 is 3.00 bits per heavy atom. The number of carbonyl (C=O) groups is 1. The van der Waals surface area contributed by atoms with E-state index in [-0.39, 0.29) is 12.5 Å². The van der Waals surface area contributed by atoms with Crippen molar-refractivity contribution in [2.24, 2.45) is 5.73 Å². The number of aromatic nitrogens is 3. The minimum atomic E-state index is -0.343. The summed E-state index contributed by atoms with van der Waals surface area (Å²) in [4.78, 5) is 11.8. The van der Waals surface area contributed by atoms with Gasteiger partial charge in [0.25, 0.3) is 0 Å². The van der Waals surface area contributed by atoms with Crippen LogP contribution in [0.4, 0.5) is 0 Å². The monoisotopic (exact) mass is 266 g/mol. The lowest BCUT2D eigenvalue weighted by Gasteiger charge is -2.07. The van der Waals surface area contributed by atoms with Crippen molar-refractivity contribution in [2.75, 3.05) is 6.61 Å². The first-order valence-electron chi connectivity index (χ1n) is 5.55. The molecule has 96 valence electrons. The van der Waals surface area contributed by atoms with Gasteiger partial charge in [0, 0.05) is 0 Å². The first-order chi connectivity index (χ1) is 8.69. The van der Waals surface area contributed by atoms with Gasteiger partial charge in [0.2, 0.25) is 0 Å².